The summed E-state index contributed by atoms with van der Waals surface area (Å²) in [6, 6.07) is 6.13. The number of fused-ring (bicyclic) bond motifs is 1. The number of aromatic nitrogens is 6. The van der Waals surface area contributed by atoms with Crippen LogP contribution in [0.15, 0.2) is 24.4 Å². The maximum absolute atomic E-state index is 5.24. The Balaban J connectivity index is 1.37. The third kappa shape index (κ3) is 3.10. The van der Waals surface area contributed by atoms with E-state index >= 15 is 0 Å². The number of hydrogen-bond acceptors (Lipinski definition) is 8. The van der Waals surface area contributed by atoms with E-state index in [1.807, 2.05) is 23.7 Å². The van der Waals surface area contributed by atoms with Crippen LogP contribution in [-0.4, -0.2) is 63.1 Å². The molecular formula is C19H24N8O. The van der Waals surface area contributed by atoms with E-state index in [2.05, 4.69) is 30.0 Å². The van der Waals surface area contributed by atoms with Crippen molar-refractivity contribution in [2.24, 2.45) is 0 Å². The van der Waals surface area contributed by atoms with Gasteiger partial charge in [-0.05, 0) is 37.8 Å². The fourth-order valence-corrected chi connectivity index (χ4v) is 3.82. The highest BCUT2D eigenvalue weighted by molar-refractivity contribution is 5.47. The molecule has 0 N–H and O–H groups in total. The predicted octanol–water partition coefficient (Wildman–Crippen LogP) is 1.91. The van der Waals surface area contributed by atoms with Gasteiger partial charge in [0.25, 0.3) is 0 Å². The quantitative estimate of drug-likeness (QED) is 0.664. The third-order valence-electron chi connectivity index (χ3n) is 5.63. The average molecular weight is 380 g/mol. The first-order valence-corrected chi connectivity index (χ1v) is 9.80. The second-order valence-corrected chi connectivity index (χ2v) is 7.55. The van der Waals surface area contributed by atoms with Gasteiger partial charge in [0.1, 0.15) is 5.82 Å². The van der Waals surface area contributed by atoms with Crippen molar-refractivity contribution in [1.29, 1.82) is 0 Å². The van der Waals surface area contributed by atoms with Gasteiger partial charge in [-0.15, -0.1) is 15.3 Å². The largest absolute Gasteiger partial charge is 0.481 e. The summed E-state index contributed by atoms with van der Waals surface area (Å²) in [5, 5.41) is 13.5. The number of anilines is 2. The van der Waals surface area contributed by atoms with Crippen LogP contribution in [0.3, 0.4) is 0 Å². The number of ether oxygens (including phenoxy) is 1. The predicted molar refractivity (Wildman–Crippen MR) is 105 cm³/mol. The summed E-state index contributed by atoms with van der Waals surface area (Å²) in [5.74, 6) is 3.75. The number of piperidine rings is 1. The molecule has 5 rings (SSSR count). The van der Waals surface area contributed by atoms with Crippen molar-refractivity contribution in [3.8, 4) is 5.88 Å². The molecule has 1 atom stereocenters. The minimum absolute atomic E-state index is 0.308. The maximum atomic E-state index is 5.24. The molecule has 146 valence electrons. The molecule has 3 aromatic rings. The van der Waals surface area contributed by atoms with Gasteiger partial charge in [-0.25, -0.2) is 4.98 Å². The van der Waals surface area contributed by atoms with Crippen LogP contribution in [0.1, 0.15) is 37.4 Å². The van der Waals surface area contributed by atoms with Gasteiger partial charge in [-0.3, -0.25) is 0 Å². The van der Waals surface area contributed by atoms with Crippen molar-refractivity contribution in [3.63, 3.8) is 0 Å². The second kappa shape index (κ2) is 6.88. The van der Waals surface area contributed by atoms with Gasteiger partial charge in [0.2, 0.25) is 11.8 Å². The van der Waals surface area contributed by atoms with Crippen LogP contribution in [0.5, 0.6) is 5.88 Å². The highest BCUT2D eigenvalue weighted by atomic mass is 16.5. The number of hydrogen-bond donors (Lipinski definition) is 0. The van der Waals surface area contributed by atoms with Crippen LogP contribution >= 0.6 is 0 Å². The first kappa shape index (κ1) is 17.2. The smallest absolute Gasteiger partial charge is 0.228 e. The van der Waals surface area contributed by atoms with Crippen LogP contribution < -0.4 is 14.5 Å². The number of methoxy groups -OCH3 is 1. The summed E-state index contributed by atoms with van der Waals surface area (Å²) in [6.07, 6.45) is 6.29. The zero-order chi connectivity index (χ0) is 19.1. The molecule has 4 heterocycles. The standard InChI is InChI=1S/C19H24N8O/c1-25(19-20-10-9-17(21-19)28-2)14-4-3-11-26(12-14)16-8-7-15-22-23-18(13-5-6-13)27(15)24-16/h7-10,13-14H,3-6,11-12H2,1-2H3. The Morgan fingerprint density at radius 1 is 1.14 bits per heavy atom. The van der Waals surface area contributed by atoms with E-state index in [1.165, 1.54) is 12.8 Å². The van der Waals surface area contributed by atoms with Crippen molar-refractivity contribution < 1.29 is 4.74 Å². The molecule has 0 radical (unpaired) electrons. The van der Waals surface area contributed by atoms with Gasteiger partial charge in [0, 0.05) is 44.4 Å². The Labute approximate surface area is 163 Å². The third-order valence-corrected chi connectivity index (χ3v) is 5.63. The Kier molecular flexibility index (Phi) is 4.22. The van der Waals surface area contributed by atoms with Crippen LogP contribution in [0.4, 0.5) is 11.8 Å². The van der Waals surface area contributed by atoms with Gasteiger partial charge in [0.15, 0.2) is 11.5 Å². The minimum atomic E-state index is 0.308. The van der Waals surface area contributed by atoms with E-state index in [0.717, 1.165) is 43.2 Å². The molecule has 2 fully saturated rings. The van der Waals surface area contributed by atoms with Crippen molar-refractivity contribution in [2.75, 3.05) is 37.0 Å². The summed E-state index contributed by atoms with van der Waals surface area (Å²) in [5.41, 5.74) is 0.820. The van der Waals surface area contributed by atoms with E-state index in [-0.39, 0.29) is 0 Å². The van der Waals surface area contributed by atoms with Gasteiger partial charge in [0.05, 0.1) is 7.11 Å². The van der Waals surface area contributed by atoms with E-state index < -0.39 is 0 Å². The zero-order valence-electron chi connectivity index (χ0n) is 16.2. The van der Waals surface area contributed by atoms with Gasteiger partial charge < -0.3 is 14.5 Å². The number of rotatable bonds is 5. The molecule has 1 saturated heterocycles. The van der Waals surface area contributed by atoms with Gasteiger partial charge in [-0.1, -0.05) is 0 Å². The lowest BCUT2D eigenvalue weighted by molar-refractivity contribution is 0.395. The topological polar surface area (TPSA) is 84.6 Å². The first-order chi connectivity index (χ1) is 13.7. The van der Waals surface area contributed by atoms with E-state index in [4.69, 9.17) is 9.84 Å². The number of likely N-dealkylation sites (N-methyl/N-ethyl adjacent to an activating group) is 1. The summed E-state index contributed by atoms with van der Waals surface area (Å²) >= 11 is 0. The lowest BCUT2D eigenvalue weighted by Crippen LogP contribution is -2.47. The SMILES string of the molecule is COc1ccnc(N(C)C2CCCN(c3ccc4nnc(C5CC5)n4n3)C2)n1. The molecule has 9 heteroatoms. The highest BCUT2D eigenvalue weighted by Gasteiger charge is 2.30. The fourth-order valence-electron chi connectivity index (χ4n) is 3.82. The molecule has 1 aliphatic carbocycles. The van der Waals surface area contributed by atoms with Crippen molar-refractivity contribution in [3.05, 3.63) is 30.2 Å². The summed E-state index contributed by atoms with van der Waals surface area (Å²) in [4.78, 5) is 13.4. The Hall–Kier alpha value is -2.97. The summed E-state index contributed by atoms with van der Waals surface area (Å²) in [6.45, 7) is 1.86. The molecule has 28 heavy (non-hydrogen) atoms. The van der Waals surface area contributed by atoms with E-state index in [9.17, 15) is 0 Å². The van der Waals surface area contributed by atoms with Gasteiger partial charge in [-0.2, -0.15) is 9.50 Å². The molecular weight excluding hydrogens is 356 g/mol. The molecule has 1 saturated carbocycles. The van der Waals surface area contributed by atoms with Crippen molar-refractivity contribution in [1.82, 2.24) is 29.8 Å². The normalized spacial score (nSPS) is 19.8. The van der Waals surface area contributed by atoms with Crippen molar-refractivity contribution in [2.45, 2.75) is 37.6 Å². The van der Waals surface area contributed by atoms with Crippen LogP contribution in [-0.2, 0) is 0 Å². The van der Waals surface area contributed by atoms with Crippen LogP contribution in [0.25, 0.3) is 5.65 Å². The van der Waals surface area contributed by atoms with Crippen LogP contribution in [0.2, 0.25) is 0 Å². The van der Waals surface area contributed by atoms with Gasteiger partial charge >= 0.3 is 0 Å². The Bertz CT molecular complexity index is 985. The Morgan fingerprint density at radius 3 is 2.86 bits per heavy atom. The molecule has 0 bridgehead atoms. The van der Waals surface area contributed by atoms with E-state index in [1.54, 1.807) is 19.4 Å². The lowest BCUT2D eigenvalue weighted by Gasteiger charge is -2.38. The second-order valence-electron chi connectivity index (χ2n) is 7.55. The van der Waals surface area contributed by atoms with Crippen LogP contribution in [0, 0.1) is 0 Å². The summed E-state index contributed by atoms with van der Waals surface area (Å²) in [7, 11) is 3.67. The maximum Gasteiger partial charge on any atom is 0.228 e. The first-order valence-electron chi connectivity index (χ1n) is 9.80. The minimum Gasteiger partial charge on any atom is -0.481 e. The molecule has 9 nitrogen and oxygen atoms in total. The molecule has 0 amide bonds. The zero-order valence-corrected chi connectivity index (χ0v) is 16.2. The highest BCUT2D eigenvalue weighted by Crippen LogP contribution is 2.38. The molecule has 1 unspecified atom stereocenters. The number of nitrogens with zero attached hydrogens (tertiary/aromatic N) is 8. The summed E-state index contributed by atoms with van der Waals surface area (Å²) < 4.78 is 7.16. The average Bonchev–Trinajstić information content (AvgIpc) is 3.52. The molecule has 3 aromatic heterocycles. The monoisotopic (exact) mass is 380 g/mol. The fraction of sp³-hybridized carbons (Fsp3) is 0.526. The lowest BCUT2D eigenvalue weighted by atomic mass is 10.0. The molecule has 2 aliphatic rings. The molecule has 1 aliphatic heterocycles. The molecule has 0 spiro atoms. The molecule has 0 aromatic carbocycles. The van der Waals surface area contributed by atoms with Crippen molar-refractivity contribution >= 4 is 17.4 Å². The van der Waals surface area contributed by atoms with E-state index in [0.29, 0.717) is 23.8 Å². The Morgan fingerprint density at radius 2 is 2.04 bits per heavy atom.